The standard InChI is InChI=1S/C25H30BrNO3/c1-29-25-19-20(7-13-23(28)21-9-11-22(26)12-10-21)8-14-24(25)30-18-6-5-17-27-15-3-2-4-16-27/h7-14,19H,2-6,15-18H2,1H3/b13-7+. The first kappa shape index (κ1) is 22.6. The first-order valence-corrected chi connectivity index (χ1v) is 11.5. The highest BCUT2D eigenvalue weighted by Crippen LogP contribution is 2.29. The van der Waals surface area contributed by atoms with E-state index in [-0.39, 0.29) is 5.78 Å². The van der Waals surface area contributed by atoms with E-state index in [4.69, 9.17) is 9.47 Å². The van der Waals surface area contributed by atoms with Gasteiger partial charge in [-0.15, -0.1) is 0 Å². The predicted octanol–water partition coefficient (Wildman–Crippen LogP) is 6.00. The zero-order valence-corrected chi connectivity index (χ0v) is 19.2. The van der Waals surface area contributed by atoms with Gasteiger partial charge in [0.1, 0.15) is 0 Å². The Morgan fingerprint density at radius 2 is 1.80 bits per heavy atom. The number of piperidine rings is 1. The van der Waals surface area contributed by atoms with Gasteiger partial charge in [-0.2, -0.15) is 0 Å². The molecule has 1 saturated heterocycles. The molecule has 3 rings (SSSR count). The number of carbonyl (C=O) groups is 1. The van der Waals surface area contributed by atoms with E-state index in [1.165, 1.54) is 32.4 Å². The molecule has 160 valence electrons. The van der Waals surface area contributed by atoms with E-state index in [1.807, 2.05) is 30.3 Å². The molecule has 0 aromatic heterocycles. The molecule has 2 aromatic rings. The second-order valence-electron chi connectivity index (χ2n) is 7.57. The van der Waals surface area contributed by atoms with Crippen LogP contribution in [-0.2, 0) is 0 Å². The molecule has 1 fully saturated rings. The van der Waals surface area contributed by atoms with Gasteiger partial charge in [0.2, 0.25) is 0 Å². The number of halogens is 1. The van der Waals surface area contributed by atoms with Crippen LogP contribution in [0.3, 0.4) is 0 Å². The highest BCUT2D eigenvalue weighted by Gasteiger charge is 2.10. The molecule has 0 spiro atoms. The van der Waals surface area contributed by atoms with Crippen molar-refractivity contribution in [3.63, 3.8) is 0 Å². The zero-order valence-electron chi connectivity index (χ0n) is 17.6. The first-order chi connectivity index (χ1) is 14.7. The Labute approximate surface area is 188 Å². The van der Waals surface area contributed by atoms with Crippen LogP contribution in [0.5, 0.6) is 11.5 Å². The van der Waals surface area contributed by atoms with E-state index in [1.54, 1.807) is 31.4 Å². The van der Waals surface area contributed by atoms with Crippen LogP contribution >= 0.6 is 15.9 Å². The topological polar surface area (TPSA) is 38.8 Å². The van der Waals surface area contributed by atoms with Crippen LogP contribution in [0.25, 0.3) is 6.08 Å². The maximum absolute atomic E-state index is 12.3. The summed E-state index contributed by atoms with van der Waals surface area (Å²) in [6, 6.07) is 13.1. The molecule has 0 bridgehead atoms. The lowest BCUT2D eigenvalue weighted by molar-refractivity contribution is 0.104. The monoisotopic (exact) mass is 471 g/mol. The van der Waals surface area contributed by atoms with E-state index < -0.39 is 0 Å². The van der Waals surface area contributed by atoms with Crippen LogP contribution in [0.15, 0.2) is 53.0 Å². The minimum absolute atomic E-state index is 0.0319. The van der Waals surface area contributed by atoms with Gasteiger partial charge in [-0.3, -0.25) is 4.79 Å². The van der Waals surface area contributed by atoms with Crippen molar-refractivity contribution in [3.8, 4) is 11.5 Å². The van der Waals surface area contributed by atoms with Gasteiger partial charge in [0.05, 0.1) is 13.7 Å². The van der Waals surface area contributed by atoms with Gasteiger partial charge in [0.25, 0.3) is 0 Å². The number of rotatable bonds is 10. The van der Waals surface area contributed by atoms with E-state index in [9.17, 15) is 4.79 Å². The average Bonchev–Trinajstić information content (AvgIpc) is 2.79. The van der Waals surface area contributed by atoms with E-state index in [0.717, 1.165) is 35.2 Å². The third-order valence-corrected chi connectivity index (χ3v) is 5.85. The zero-order chi connectivity index (χ0) is 21.2. The molecule has 4 nitrogen and oxygen atoms in total. The van der Waals surface area contributed by atoms with Crippen molar-refractivity contribution in [1.82, 2.24) is 4.90 Å². The number of hydrogen-bond acceptors (Lipinski definition) is 4. The number of carbonyl (C=O) groups excluding carboxylic acids is 1. The summed E-state index contributed by atoms with van der Waals surface area (Å²) in [6.45, 7) is 4.33. The average molecular weight is 472 g/mol. The first-order valence-electron chi connectivity index (χ1n) is 10.7. The fourth-order valence-corrected chi connectivity index (χ4v) is 3.86. The molecule has 0 radical (unpaired) electrons. The molecule has 0 N–H and O–H groups in total. The molecule has 30 heavy (non-hydrogen) atoms. The van der Waals surface area contributed by atoms with E-state index in [0.29, 0.717) is 17.9 Å². The molecule has 0 amide bonds. The van der Waals surface area contributed by atoms with Crippen molar-refractivity contribution in [1.29, 1.82) is 0 Å². The Balaban J connectivity index is 1.48. The number of unbranched alkanes of at least 4 members (excludes halogenated alkanes) is 1. The number of nitrogens with zero attached hydrogens (tertiary/aromatic N) is 1. The van der Waals surface area contributed by atoms with Crippen LogP contribution in [-0.4, -0.2) is 44.0 Å². The molecule has 0 aliphatic carbocycles. The van der Waals surface area contributed by atoms with Crippen molar-refractivity contribution in [3.05, 3.63) is 64.1 Å². The fraction of sp³-hybridized carbons (Fsp3) is 0.400. The highest BCUT2D eigenvalue weighted by molar-refractivity contribution is 9.10. The van der Waals surface area contributed by atoms with Crippen molar-refractivity contribution in [2.24, 2.45) is 0 Å². The van der Waals surface area contributed by atoms with Gasteiger partial charge >= 0.3 is 0 Å². The molecule has 5 heteroatoms. The molecule has 0 atom stereocenters. The number of methoxy groups -OCH3 is 1. The number of likely N-dealkylation sites (tertiary alicyclic amines) is 1. The summed E-state index contributed by atoms with van der Waals surface area (Å²) >= 11 is 3.38. The van der Waals surface area contributed by atoms with Gasteiger partial charge in [0.15, 0.2) is 17.3 Å². The summed E-state index contributed by atoms with van der Waals surface area (Å²) in [4.78, 5) is 14.9. The van der Waals surface area contributed by atoms with Crippen molar-refractivity contribution >= 4 is 27.8 Å². The lowest BCUT2D eigenvalue weighted by atomic mass is 10.1. The Morgan fingerprint density at radius 3 is 2.53 bits per heavy atom. The summed E-state index contributed by atoms with van der Waals surface area (Å²) in [7, 11) is 1.64. The summed E-state index contributed by atoms with van der Waals surface area (Å²) < 4.78 is 12.4. The lowest BCUT2D eigenvalue weighted by Gasteiger charge is -2.26. The van der Waals surface area contributed by atoms with Crippen molar-refractivity contribution < 1.29 is 14.3 Å². The number of hydrogen-bond donors (Lipinski definition) is 0. The van der Waals surface area contributed by atoms with E-state index >= 15 is 0 Å². The van der Waals surface area contributed by atoms with Crippen LogP contribution < -0.4 is 9.47 Å². The summed E-state index contributed by atoms with van der Waals surface area (Å²) in [5.74, 6) is 1.40. The summed E-state index contributed by atoms with van der Waals surface area (Å²) in [5, 5.41) is 0. The lowest BCUT2D eigenvalue weighted by Crippen LogP contribution is -2.30. The van der Waals surface area contributed by atoms with Crippen LogP contribution in [0.4, 0.5) is 0 Å². The van der Waals surface area contributed by atoms with Gasteiger partial charge in [0, 0.05) is 10.0 Å². The summed E-state index contributed by atoms with van der Waals surface area (Å²) in [6.07, 6.45) is 9.62. The Bertz CT molecular complexity index is 842. The second kappa shape index (κ2) is 11.9. The van der Waals surface area contributed by atoms with Gasteiger partial charge in [-0.05, 0) is 93.4 Å². The SMILES string of the molecule is COc1cc(/C=C/C(=O)c2ccc(Br)cc2)ccc1OCCCCN1CCCCC1. The molecule has 0 saturated carbocycles. The van der Waals surface area contributed by atoms with Gasteiger partial charge < -0.3 is 14.4 Å². The summed E-state index contributed by atoms with van der Waals surface area (Å²) in [5.41, 5.74) is 1.56. The van der Waals surface area contributed by atoms with Crippen LogP contribution in [0.1, 0.15) is 48.0 Å². The van der Waals surface area contributed by atoms with E-state index in [2.05, 4.69) is 20.8 Å². The Kier molecular flexibility index (Phi) is 8.97. The molecule has 2 aromatic carbocycles. The minimum Gasteiger partial charge on any atom is -0.493 e. The molecular formula is C25H30BrNO3. The number of benzene rings is 2. The molecule has 1 aliphatic rings. The quantitative estimate of drug-likeness (QED) is 0.242. The number of ether oxygens (including phenoxy) is 2. The molecular weight excluding hydrogens is 442 g/mol. The third-order valence-electron chi connectivity index (χ3n) is 5.32. The number of allylic oxidation sites excluding steroid dienone is 1. The van der Waals surface area contributed by atoms with Crippen LogP contribution in [0, 0.1) is 0 Å². The second-order valence-corrected chi connectivity index (χ2v) is 8.49. The highest BCUT2D eigenvalue weighted by atomic mass is 79.9. The normalized spacial score (nSPS) is 14.7. The van der Waals surface area contributed by atoms with Gasteiger partial charge in [-0.1, -0.05) is 34.5 Å². The van der Waals surface area contributed by atoms with Crippen molar-refractivity contribution in [2.45, 2.75) is 32.1 Å². The predicted molar refractivity (Wildman–Crippen MR) is 126 cm³/mol. The maximum Gasteiger partial charge on any atom is 0.185 e. The minimum atomic E-state index is -0.0319. The third kappa shape index (κ3) is 6.99. The Hall–Kier alpha value is -2.11. The molecule has 0 unspecified atom stereocenters. The number of ketones is 1. The molecule has 1 heterocycles. The van der Waals surface area contributed by atoms with Crippen LogP contribution in [0.2, 0.25) is 0 Å². The van der Waals surface area contributed by atoms with Crippen molar-refractivity contribution in [2.75, 3.05) is 33.4 Å². The smallest absolute Gasteiger partial charge is 0.185 e. The molecule has 1 aliphatic heterocycles. The fourth-order valence-electron chi connectivity index (χ4n) is 3.59. The largest absolute Gasteiger partial charge is 0.493 e. The Morgan fingerprint density at radius 1 is 1.03 bits per heavy atom. The van der Waals surface area contributed by atoms with Gasteiger partial charge in [-0.25, -0.2) is 0 Å². The maximum atomic E-state index is 12.3.